The molecule has 0 radical (unpaired) electrons. The maximum atomic E-state index is 13.7. The van der Waals surface area contributed by atoms with Gasteiger partial charge in [0.1, 0.15) is 12.4 Å². The normalized spacial score (nSPS) is 10.5. The second-order valence-corrected chi connectivity index (χ2v) is 4.71. The minimum Gasteiger partial charge on any atom is -0.480 e. The molecule has 6 heteroatoms. The van der Waals surface area contributed by atoms with E-state index in [-0.39, 0.29) is 23.7 Å². The van der Waals surface area contributed by atoms with Gasteiger partial charge in [-0.15, -0.1) is 0 Å². The highest BCUT2D eigenvalue weighted by atomic mass is 19.1. The highest BCUT2D eigenvalue weighted by molar-refractivity contribution is 5.96. The van der Waals surface area contributed by atoms with E-state index >= 15 is 0 Å². The largest absolute Gasteiger partial charge is 0.480 e. The smallest absolute Gasteiger partial charge is 0.323 e. The Kier molecular flexibility index (Phi) is 4.86. The van der Waals surface area contributed by atoms with E-state index in [0.717, 1.165) is 11.0 Å². The van der Waals surface area contributed by atoms with Gasteiger partial charge in [0.05, 0.1) is 5.56 Å². The zero-order valence-electron chi connectivity index (χ0n) is 10.9. The minimum atomic E-state index is -1.13. The molecule has 0 fully saturated rings. The number of benzene rings is 1. The average Bonchev–Trinajstić information content (AvgIpc) is 2.26. The van der Waals surface area contributed by atoms with Crippen molar-refractivity contribution in [2.24, 2.45) is 5.92 Å². The van der Waals surface area contributed by atoms with Gasteiger partial charge in [-0.1, -0.05) is 13.8 Å². The number of rotatable bonds is 5. The van der Waals surface area contributed by atoms with Crippen LogP contribution in [0, 0.1) is 11.7 Å². The summed E-state index contributed by atoms with van der Waals surface area (Å²) in [4.78, 5) is 24.0. The number of nitrogens with zero attached hydrogens (tertiary/aromatic N) is 1. The highest BCUT2D eigenvalue weighted by Crippen LogP contribution is 2.15. The summed E-state index contributed by atoms with van der Waals surface area (Å²) in [5, 5.41) is 8.80. The number of carboxylic acids is 1. The predicted molar refractivity (Wildman–Crippen MR) is 69.2 cm³/mol. The fourth-order valence-electron chi connectivity index (χ4n) is 1.70. The molecule has 0 saturated carbocycles. The molecule has 0 aliphatic rings. The van der Waals surface area contributed by atoms with Gasteiger partial charge in [-0.05, 0) is 24.1 Å². The van der Waals surface area contributed by atoms with E-state index < -0.39 is 24.2 Å². The third kappa shape index (κ3) is 4.24. The molecular weight excluding hydrogens is 251 g/mol. The number of amides is 1. The van der Waals surface area contributed by atoms with Crippen LogP contribution in [-0.4, -0.2) is 35.0 Å². The summed E-state index contributed by atoms with van der Waals surface area (Å²) in [5.74, 6) is -2.44. The van der Waals surface area contributed by atoms with Crippen molar-refractivity contribution in [3.63, 3.8) is 0 Å². The monoisotopic (exact) mass is 268 g/mol. The number of nitrogen functional groups attached to an aromatic ring is 1. The summed E-state index contributed by atoms with van der Waals surface area (Å²) in [5.41, 5.74) is 5.45. The van der Waals surface area contributed by atoms with Crippen molar-refractivity contribution in [3.05, 3.63) is 29.6 Å². The van der Waals surface area contributed by atoms with Crippen LogP contribution in [0.3, 0.4) is 0 Å². The summed E-state index contributed by atoms with van der Waals surface area (Å²) >= 11 is 0. The number of halogens is 1. The lowest BCUT2D eigenvalue weighted by atomic mass is 10.1. The molecule has 1 rings (SSSR count). The lowest BCUT2D eigenvalue weighted by Crippen LogP contribution is -2.38. The Morgan fingerprint density at radius 2 is 2.05 bits per heavy atom. The standard InChI is InChI=1S/C13H17FN2O3/c1-8(2)6-16(7-12(17)18)13(19)10-4-3-9(15)5-11(10)14/h3-5,8H,6-7,15H2,1-2H3,(H,17,18). The number of hydrogen-bond donors (Lipinski definition) is 2. The second kappa shape index (κ2) is 6.17. The first kappa shape index (κ1) is 14.9. The SMILES string of the molecule is CC(C)CN(CC(=O)O)C(=O)c1ccc(N)cc1F. The zero-order chi connectivity index (χ0) is 14.6. The number of nitrogens with two attached hydrogens (primary N) is 1. The van der Waals surface area contributed by atoms with Crippen molar-refractivity contribution in [3.8, 4) is 0 Å². The van der Waals surface area contributed by atoms with Gasteiger partial charge in [-0.25, -0.2) is 4.39 Å². The molecule has 0 aliphatic heterocycles. The molecule has 0 spiro atoms. The van der Waals surface area contributed by atoms with Crippen LogP contribution >= 0.6 is 0 Å². The van der Waals surface area contributed by atoms with Crippen LogP contribution < -0.4 is 5.73 Å². The number of anilines is 1. The van der Waals surface area contributed by atoms with Crippen molar-refractivity contribution in [2.75, 3.05) is 18.8 Å². The lowest BCUT2D eigenvalue weighted by molar-refractivity contribution is -0.137. The Labute approximate surface area is 110 Å². The number of carbonyl (C=O) groups excluding carboxylic acids is 1. The van der Waals surface area contributed by atoms with Gasteiger partial charge >= 0.3 is 5.97 Å². The Morgan fingerprint density at radius 1 is 1.42 bits per heavy atom. The molecule has 0 saturated heterocycles. The van der Waals surface area contributed by atoms with Crippen molar-refractivity contribution < 1.29 is 19.1 Å². The molecule has 19 heavy (non-hydrogen) atoms. The molecule has 104 valence electrons. The van der Waals surface area contributed by atoms with Gasteiger partial charge < -0.3 is 15.7 Å². The lowest BCUT2D eigenvalue weighted by Gasteiger charge is -2.23. The molecule has 0 aliphatic carbocycles. The highest BCUT2D eigenvalue weighted by Gasteiger charge is 2.22. The third-order valence-electron chi connectivity index (χ3n) is 2.42. The summed E-state index contributed by atoms with van der Waals surface area (Å²) in [6.45, 7) is 3.48. The Hall–Kier alpha value is -2.11. The quantitative estimate of drug-likeness (QED) is 0.794. The number of carboxylic acid groups (broad SMARTS) is 1. The van der Waals surface area contributed by atoms with Crippen LogP contribution in [0.5, 0.6) is 0 Å². The molecular formula is C13H17FN2O3. The van der Waals surface area contributed by atoms with Crippen molar-refractivity contribution in [1.29, 1.82) is 0 Å². The molecule has 1 amide bonds. The first-order valence-corrected chi connectivity index (χ1v) is 5.87. The second-order valence-electron chi connectivity index (χ2n) is 4.71. The number of aliphatic carboxylic acids is 1. The van der Waals surface area contributed by atoms with Crippen molar-refractivity contribution >= 4 is 17.6 Å². The van der Waals surface area contributed by atoms with Gasteiger partial charge in [-0.3, -0.25) is 9.59 Å². The molecule has 5 nitrogen and oxygen atoms in total. The third-order valence-corrected chi connectivity index (χ3v) is 2.42. The van der Waals surface area contributed by atoms with Gasteiger partial charge in [0, 0.05) is 12.2 Å². The molecule has 1 aromatic carbocycles. The van der Waals surface area contributed by atoms with Crippen LogP contribution in [0.4, 0.5) is 10.1 Å². The Morgan fingerprint density at radius 3 is 2.53 bits per heavy atom. The zero-order valence-corrected chi connectivity index (χ0v) is 10.9. The summed E-state index contributed by atoms with van der Waals surface area (Å²) in [6.07, 6.45) is 0. The van der Waals surface area contributed by atoms with Crippen LogP contribution in [0.2, 0.25) is 0 Å². The topological polar surface area (TPSA) is 83.6 Å². The van der Waals surface area contributed by atoms with Crippen LogP contribution in [0.15, 0.2) is 18.2 Å². The fourth-order valence-corrected chi connectivity index (χ4v) is 1.70. The van der Waals surface area contributed by atoms with Crippen molar-refractivity contribution in [1.82, 2.24) is 4.90 Å². The van der Waals surface area contributed by atoms with E-state index in [1.165, 1.54) is 12.1 Å². The molecule has 3 N–H and O–H groups in total. The average molecular weight is 268 g/mol. The van der Waals surface area contributed by atoms with Crippen molar-refractivity contribution in [2.45, 2.75) is 13.8 Å². The van der Waals surface area contributed by atoms with Gasteiger partial charge in [0.2, 0.25) is 0 Å². The van der Waals surface area contributed by atoms with Crippen LogP contribution in [0.25, 0.3) is 0 Å². The molecule has 1 aromatic rings. The molecule has 0 aromatic heterocycles. The van der Waals surface area contributed by atoms with Crippen LogP contribution in [-0.2, 0) is 4.79 Å². The maximum absolute atomic E-state index is 13.7. The summed E-state index contributed by atoms with van der Waals surface area (Å²) in [7, 11) is 0. The van der Waals surface area contributed by atoms with E-state index in [0.29, 0.717) is 0 Å². The molecule has 0 unspecified atom stereocenters. The van der Waals surface area contributed by atoms with Gasteiger partial charge in [-0.2, -0.15) is 0 Å². The van der Waals surface area contributed by atoms with E-state index in [9.17, 15) is 14.0 Å². The maximum Gasteiger partial charge on any atom is 0.323 e. The van der Waals surface area contributed by atoms with E-state index in [2.05, 4.69) is 0 Å². The number of hydrogen-bond acceptors (Lipinski definition) is 3. The molecule has 0 bridgehead atoms. The first-order valence-electron chi connectivity index (χ1n) is 5.87. The van der Waals surface area contributed by atoms with E-state index in [1.807, 2.05) is 13.8 Å². The fraction of sp³-hybridized carbons (Fsp3) is 0.385. The summed E-state index contributed by atoms with van der Waals surface area (Å²) < 4.78 is 13.7. The molecule has 0 atom stereocenters. The first-order chi connectivity index (χ1) is 8.81. The minimum absolute atomic E-state index is 0.0835. The van der Waals surface area contributed by atoms with E-state index in [4.69, 9.17) is 10.8 Å². The Balaban J connectivity index is 3.00. The predicted octanol–water partition coefficient (Wildman–Crippen LogP) is 1.59. The van der Waals surface area contributed by atoms with Gasteiger partial charge in [0.25, 0.3) is 5.91 Å². The molecule has 0 heterocycles. The number of carbonyl (C=O) groups is 2. The summed E-state index contributed by atoms with van der Waals surface area (Å²) in [6, 6.07) is 3.72. The Bertz CT molecular complexity index is 489. The van der Waals surface area contributed by atoms with Crippen LogP contribution in [0.1, 0.15) is 24.2 Å². The van der Waals surface area contributed by atoms with Gasteiger partial charge in [0.15, 0.2) is 0 Å². The van der Waals surface area contributed by atoms with E-state index in [1.54, 1.807) is 0 Å².